The van der Waals surface area contributed by atoms with E-state index in [-0.39, 0.29) is 5.88 Å². The Balaban J connectivity index is 2.30. The van der Waals surface area contributed by atoms with Gasteiger partial charge in [-0.3, -0.25) is 8.99 Å². The first-order valence-corrected chi connectivity index (χ1v) is 8.71. The van der Waals surface area contributed by atoms with E-state index in [1.807, 2.05) is 24.3 Å². The van der Waals surface area contributed by atoms with Gasteiger partial charge in [0, 0.05) is 49.8 Å². The van der Waals surface area contributed by atoms with Crippen molar-refractivity contribution in [2.24, 2.45) is 7.05 Å². The highest BCUT2D eigenvalue weighted by Crippen LogP contribution is 2.23. The van der Waals surface area contributed by atoms with E-state index in [2.05, 4.69) is 32.9 Å². The van der Waals surface area contributed by atoms with Gasteiger partial charge in [-0.1, -0.05) is 18.2 Å². The third-order valence-corrected chi connectivity index (χ3v) is 4.80. The van der Waals surface area contributed by atoms with Crippen molar-refractivity contribution in [2.45, 2.75) is 0 Å². The minimum absolute atomic E-state index is 0.277. The number of benzene rings is 1. The molecule has 5 nitrogen and oxygen atoms in total. The van der Waals surface area contributed by atoms with Crippen molar-refractivity contribution in [1.29, 1.82) is 0 Å². The van der Waals surface area contributed by atoms with E-state index >= 15 is 0 Å². The van der Waals surface area contributed by atoms with Crippen LogP contribution in [-0.4, -0.2) is 27.1 Å². The predicted octanol–water partition coefficient (Wildman–Crippen LogP) is 3.13. The van der Waals surface area contributed by atoms with Crippen LogP contribution in [0.1, 0.15) is 10.5 Å². The number of ether oxygens (including phenoxy) is 1. The lowest BCUT2D eigenvalue weighted by atomic mass is 10.2. The summed E-state index contributed by atoms with van der Waals surface area (Å²) in [6, 6.07) is 7.51. The van der Waals surface area contributed by atoms with Crippen molar-refractivity contribution < 1.29 is 9.53 Å². The molecule has 0 unspecified atom stereocenters. The Morgan fingerprint density at radius 3 is 2.89 bits per heavy atom. The summed E-state index contributed by atoms with van der Waals surface area (Å²) in [5, 5.41) is 4.97. The number of para-hydroxylation sites is 1. The van der Waals surface area contributed by atoms with E-state index in [1.165, 1.54) is 9.12 Å². The Bertz CT molecular complexity index is 641. The Morgan fingerprint density at radius 1 is 1.53 bits per heavy atom. The smallest absolute Gasteiger partial charge is 0.366 e. The topological polar surface area (TPSA) is 47.4 Å². The number of aryl methyl sites for hydroxylation is 1. The highest BCUT2D eigenvalue weighted by atomic mass is 127. The van der Waals surface area contributed by atoms with Crippen molar-refractivity contribution in [3.63, 3.8) is 0 Å². The van der Waals surface area contributed by atoms with Crippen molar-refractivity contribution in [3.8, 4) is 0 Å². The minimum atomic E-state index is -0.501. The summed E-state index contributed by atoms with van der Waals surface area (Å²) in [5.74, 6) is -0.224. The fraction of sp³-hybridized carbons (Fsp3) is 0.167. The van der Waals surface area contributed by atoms with Gasteiger partial charge in [0.1, 0.15) is 0 Å². The normalized spacial score (nSPS) is 10.5. The zero-order valence-electron chi connectivity index (χ0n) is 10.5. The molecule has 7 heteroatoms. The molecule has 0 amide bonds. The van der Waals surface area contributed by atoms with Gasteiger partial charge in [0.2, 0.25) is 5.88 Å². The standard InChI is InChI=1S/C12H12IN3O2S/c1-8(16(3)19-13)18-12(17)11-9-6-4-5-7-10(9)15(2)14-11/h4-7H,1H2,2-3H3. The SMILES string of the molecule is C=C(OC(=O)c1nn(C)c2ccccc12)N(C)SI. The van der Waals surface area contributed by atoms with Crippen LogP contribution in [-0.2, 0) is 11.8 Å². The number of rotatable bonds is 4. The van der Waals surface area contributed by atoms with Crippen molar-refractivity contribution >= 4 is 47.2 Å². The number of fused-ring (bicyclic) bond motifs is 1. The fourth-order valence-corrected chi connectivity index (χ4v) is 2.40. The Hall–Kier alpha value is -1.22. The summed E-state index contributed by atoms with van der Waals surface area (Å²) in [4.78, 5) is 12.1. The minimum Gasteiger partial charge on any atom is -0.405 e. The van der Waals surface area contributed by atoms with Crippen molar-refractivity contribution in [2.75, 3.05) is 7.05 Å². The van der Waals surface area contributed by atoms with E-state index in [9.17, 15) is 4.79 Å². The van der Waals surface area contributed by atoms with E-state index < -0.39 is 5.97 Å². The molecule has 1 aromatic heterocycles. The molecular formula is C12H12IN3O2S. The molecule has 0 fully saturated rings. The van der Waals surface area contributed by atoms with Crippen LogP contribution in [0, 0.1) is 0 Å². The number of hydrogen-bond acceptors (Lipinski definition) is 5. The highest BCUT2D eigenvalue weighted by molar-refractivity contribution is 14.2. The second kappa shape index (κ2) is 5.83. The molecule has 100 valence electrons. The molecule has 0 radical (unpaired) electrons. The van der Waals surface area contributed by atoms with Gasteiger partial charge in [-0.25, -0.2) is 4.79 Å². The Kier molecular flexibility index (Phi) is 4.35. The third kappa shape index (κ3) is 2.86. The zero-order valence-corrected chi connectivity index (χ0v) is 13.4. The molecule has 2 aromatic rings. The molecule has 0 saturated heterocycles. The van der Waals surface area contributed by atoms with Crippen molar-refractivity contribution in [1.82, 2.24) is 14.1 Å². The predicted molar refractivity (Wildman–Crippen MR) is 84.6 cm³/mol. The lowest BCUT2D eigenvalue weighted by Gasteiger charge is -2.15. The van der Waals surface area contributed by atoms with Crippen molar-refractivity contribution in [3.05, 3.63) is 42.4 Å². The Morgan fingerprint density at radius 2 is 2.21 bits per heavy atom. The third-order valence-electron chi connectivity index (χ3n) is 2.62. The summed E-state index contributed by atoms with van der Waals surface area (Å²) in [7, 11) is 4.94. The average molecular weight is 389 g/mol. The van der Waals surface area contributed by atoms with Crippen LogP contribution >= 0.6 is 30.3 Å². The maximum Gasteiger partial charge on any atom is 0.366 e. The van der Waals surface area contributed by atoms with Gasteiger partial charge in [0.15, 0.2) is 5.69 Å². The molecule has 1 aromatic carbocycles. The van der Waals surface area contributed by atoms with Gasteiger partial charge in [0.25, 0.3) is 0 Å². The molecular weight excluding hydrogens is 377 g/mol. The summed E-state index contributed by atoms with van der Waals surface area (Å²) < 4.78 is 8.52. The number of aromatic nitrogens is 2. The van der Waals surface area contributed by atoms with Gasteiger partial charge in [-0.05, 0) is 12.6 Å². The van der Waals surface area contributed by atoms with Crippen LogP contribution in [0.4, 0.5) is 0 Å². The van der Waals surface area contributed by atoms with Gasteiger partial charge < -0.3 is 4.74 Å². The lowest BCUT2D eigenvalue weighted by molar-refractivity contribution is 0.0571. The maximum atomic E-state index is 12.1. The molecule has 19 heavy (non-hydrogen) atoms. The van der Waals surface area contributed by atoms with Gasteiger partial charge in [-0.15, -0.1) is 0 Å². The molecule has 0 bridgehead atoms. The van der Waals surface area contributed by atoms with Crippen LogP contribution < -0.4 is 0 Å². The van der Waals surface area contributed by atoms with E-state index in [4.69, 9.17) is 4.74 Å². The summed E-state index contributed by atoms with van der Waals surface area (Å²) >= 11 is 2.08. The number of nitrogens with zero attached hydrogens (tertiary/aromatic N) is 3. The highest BCUT2D eigenvalue weighted by Gasteiger charge is 2.19. The molecule has 0 aliphatic heterocycles. The second-order valence-corrected chi connectivity index (χ2v) is 5.71. The van der Waals surface area contributed by atoms with E-state index in [0.29, 0.717) is 5.69 Å². The van der Waals surface area contributed by atoms with Crippen LogP contribution in [0.15, 0.2) is 36.7 Å². The number of esters is 1. The van der Waals surface area contributed by atoms with Crippen LogP contribution in [0.25, 0.3) is 10.9 Å². The molecule has 0 spiro atoms. The first-order valence-electron chi connectivity index (χ1n) is 5.40. The molecule has 2 rings (SSSR count). The lowest BCUT2D eigenvalue weighted by Crippen LogP contribution is -2.14. The molecule has 0 aliphatic carbocycles. The molecule has 0 N–H and O–H groups in total. The molecule has 0 saturated carbocycles. The van der Waals surface area contributed by atoms with Crippen LogP contribution in [0.5, 0.6) is 0 Å². The van der Waals surface area contributed by atoms with Crippen LogP contribution in [0.2, 0.25) is 0 Å². The first-order chi connectivity index (χ1) is 9.04. The number of hydrogen-bond donors (Lipinski definition) is 0. The van der Waals surface area contributed by atoms with Gasteiger partial charge in [0.05, 0.1) is 5.52 Å². The Labute approximate surface area is 127 Å². The van der Waals surface area contributed by atoms with E-state index in [1.54, 1.807) is 23.1 Å². The summed E-state index contributed by atoms with van der Waals surface area (Å²) in [6.45, 7) is 3.70. The molecule has 0 atom stereocenters. The average Bonchev–Trinajstić information content (AvgIpc) is 2.76. The summed E-state index contributed by atoms with van der Waals surface area (Å²) in [6.07, 6.45) is 0. The quantitative estimate of drug-likeness (QED) is 0.348. The summed E-state index contributed by atoms with van der Waals surface area (Å²) in [5.41, 5.74) is 1.18. The molecule has 1 heterocycles. The molecule has 0 aliphatic rings. The largest absolute Gasteiger partial charge is 0.405 e. The van der Waals surface area contributed by atoms with E-state index in [0.717, 1.165) is 10.9 Å². The fourth-order valence-electron chi connectivity index (χ4n) is 1.62. The van der Waals surface area contributed by atoms with Gasteiger partial charge >= 0.3 is 5.97 Å². The van der Waals surface area contributed by atoms with Crippen LogP contribution in [0.3, 0.4) is 0 Å². The second-order valence-electron chi connectivity index (χ2n) is 3.84. The first kappa shape index (κ1) is 14.2. The maximum absolute atomic E-state index is 12.1. The number of halogens is 1. The number of carbonyl (C=O) groups excluding carboxylic acids is 1. The number of carbonyl (C=O) groups is 1. The van der Waals surface area contributed by atoms with Gasteiger partial charge in [-0.2, -0.15) is 5.10 Å². The zero-order chi connectivity index (χ0) is 14.0. The monoisotopic (exact) mass is 389 g/mol.